The van der Waals surface area contributed by atoms with Gasteiger partial charge in [0.25, 0.3) is 0 Å². The van der Waals surface area contributed by atoms with Gasteiger partial charge in [0.2, 0.25) is 0 Å². The lowest BCUT2D eigenvalue weighted by atomic mass is 9.71. The third-order valence-corrected chi connectivity index (χ3v) is 5.36. The van der Waals surface area contributed by atoms with Crippen molar-refractivity contribution in [2.75, 3.05) is 13.2 Å². The van der Waals surface area contributed by atoms with Crippen LogP contribution < -0.4 is 4.74 Å². The molecule has 1 aromatic heterocycles. The SMILES string of the molecule is CC1(C)c2cc(OCCCO)ccc2C(=O)c2c1[nH]c1c(F)c(C#N)ccc21. The molecule has 0 fully saturated rings. The van der Waals surface area contributed by atoms with Gasteiger partial charge in [-0.1, -0.05) is 19.9 Å². The van der Waals surface area contributed by atoms with Crippen LogP contribution in [0.1, 0.15) is 53.0 Å². The van der Waals surface area contributed by atoms with Crippen molar-refractivity contribution < 1.29 is 19.0 Å². The molecule has 1 heterocycles. The fraction of sp³-hybridized carbons (Fsp3) is 0.273. The van der Waals surface area contributed by atoms with Gasteiger partial charge in [0.05, 0.1) is 23.3 Å². The van der Waals surface area contributed by atoms with Crippen molar-refractivity contribution in [3.8, 4) is 11.8 Å². The summed E-state index contributed by atoms with van der Waals surface area (Å²) >= 11 is 0. The predicted octanol–water partition coefficient (Wildman–Crippen LogP) is 3.81. The maximum absolute atomic E-state index is 14.7. The Labute approximate surface area is 161 Å². The van der Waals surface area contributed by atoms with E-state index in [2.05, 4.69) is 4.98 Å². The number of hydrogen-bond acceptors (Lipinski definition) is 4. The van der Waals surface area contributed by atoms with Crippen LogP contribution >= 0.6 is 0 Å². The summed E-state index contributed by atoms with van der Waals surface area (Å²) in [6, 6.07) is 10.2. The number of nitrogens with zero attached hydrogens (tertiary/aromatic N) is 1. The number of benzene rings is 2. The molecule has 0 bridgehead atoms. The van der Waals surface area contributed by atoms with Gasteiger partial charge in [0.1, 0.15) is 11.8 Å². The van der Waals surface area contributed by atoms with Crippen molar-refractivity contribution in [3.05, 3.63) is 64.1 Å². The summed E-state index contributed by atoms with van der Waals surface area (Å²) < 4.78 is 20.4. The minimum Gasteiger partial charge on any atom is -0.493 e. The van der Waals surface area contributed by atoms with E-state index in [-0.39, 0.29) is 23.5 Å². The smallest absolute Gasteiger partial charge is 0.195 e. The third-order valence-electron chi connectivity index (χ3n) is 5.36. The Morgan fingerprint density at radius 2 is 2.07 bits per heavy atom. The van der Waals surface area contributed by atoms with Crippen molar-refractivity contribution in [1.29, 1.82) is 5.26 Å². The number of rotatable bonds is 4. The number of nitrogens with one attached hydrogen (secondary N) is 1. The summed E-state index contributed by atoms with van der Waals surface area (Å²) in [4.78, 5) is 16.3. The Balaban J connectivity index is 1.90. The second kappa shape index (κ2) is 6.47. The average Bonchev–Trinajstić information content (AvgIpc) is 3.09. The number of fused-ring (bicyclic) bond motifs is 4. The molecular weight excluding hydrogens is 359 g/mol. The van der Waals surface area contributed by atoms with Crippen LogP contribution in [0.2, 0.25) is 0 Å². The van der Waals surface area contributed by atoms with Crippen molar-refractivity contribution in [2.45, 2.75) is 25.7 Å². The number of ether oxygens (including phenoxy) is 1. The first-order chi connectivity index (χ1) is 13.4. The summed E-state index contributed by atoms with van der Waals surface area (Å²) in [6.07, 6.45) is 0.520. The van der Waals surface area contributed by atoms with Crippen molar-refractivity contribution in [3.63, 3.8) is 0 Å². The second-order valence-electron chi connectivity index (χ2n) is 7.42. The van der Waals surface area contributed by atoms with E-state index in [1.165, 1.54) is 6.07 Å². The molecule has 0 amide bonds. The summed E-state index contributed by atoms with van der Waals surface area (Å²) in [5.74, 6) is -0.206. The van der Waals surface area contributed by atoms with Crippen LogP contribution in [0.15, 0.2) is 30.3 Å². The number of aliphatic hydroxyl groups is 1. The number of aromatic nitrogens is 1. The molecule has 3 aromatic rings. The molecule has 0 atom stereocenters. The lowest BCUT2D eigenvalue weighted by molar-refractivity contribution is 0.103. The number of carbonyl (C=O) groups excluding carboxylic acids is 1. The number of aliphatic hydroxyl groups excluding tert-OH is 1. The lowest BCUT2D eigenvalue weighted by Crippen LogP contribution is -2.30. The molecule has 1 aliphatic carbocycles. The van der Waals surface area contributed by atoms with Gasteiger partial charge in [0.15, 0.2) is 11.6 Å². The standard InChI is InChI=1S/C22H19FN2O3/c1-22(2)16-10-13(28-9-3-8-26)5-7-14(16)20(27)17-15-6-4-12(11-24)18(23)19(15)25-21(17)22/h4-7,10,25-26H,3,8-9H2,1-2H3. The topological polar surface area (TPSA) is 86.1 Å². The highest BCUT2D eigenvalue weighted by Gasteiger charge is 2.40. The summed E-state index contributed by atoms with van der Waals surface area (Å²) in [5.41, 5.74) is 1.95. The molecule has 1 aliphatic rings. The normalized spacial score (nSPS) is 14.5. The fourth-order valence-corrected chi connectivity index (χ4v) is 3.87. The molecule has 0 spiro atoms. The van der Waals surface area contributed by atoms with Crippen LogP contribution in [0.5, 0.6) is 5.75 Å². The van der Waals surface area contributed by atoms with Crippen LogP contribution in [0, 0.1) is 17.1 Å². The molecule has 0 radical (unpaired) electrons. The molecule has 6 heteroatoms. The number of halogens is 1. The molecule has 0 aliphatic heterocycles. The molecule has 5 nitrogen and oxygen atoms in total. The van der Waals surface area contributed by atoms with Crippen molar-refractivity contribution >= 4 is 16.7 Å². The zero-order valence-corrected chi connectivity index (χ0v) is 15.6. The Morgan fingerprint density at radius 1 is 1.29 bits per heavy atom. The molecule has 28 heavy (non-hydrogen) atoms. The zero-order valence-electron chi connectivity index (χ0n) is 15.6. The Kier molecular flexibility index (Phi) is 4.20. The molecule has 0 saturated carbocycles. The number of hydrogen-bond donors (Lipinski definition) is 2. The van der Waals surface area contributed by atoms with Crippen LogP contribution in [-0.4, -0.2) is 29.1 Å². The van der Waals surface area contributed by atoms with Gasteiger partial charge >= 0.3 is 0 Å². The average molecular weight is 378 g/mol. The first-order valence-corrected chi connectivity index (χ1v) is 9.07. The number of H-pyrrole nitrogens is 1. The van der Waals surface area contributed by atoms with Crippen molar-refractivity contribution in [1.82, 2.24) is 4.98 Å². The summed E-state index contributed by atoms with van der Waals surface area (Å²) in [6.45, 7) is 4.35. The maximum atomic E-state index is 14.7. The highest BCUT2D eigenvalue weighted by molar-refractivity contribution is 6.20. The first kappa shape index (κ1) is 18.2. The van der Waals surface area contributed by atoms with Crippen LogP contribution in [0.4, 0.5) is 4.39 Å². The first-order valence-electron chi connectivity index (χ1n) is 9.07. The van der Waals surface area contributed by atoms with E-state index in [9.17, 15) is 9.18 Å². The highest BCUT2D eigenvalue weighted by Crippen LogP contribution is 2.45. The third kappa shape index (κ3) is 2.51. The minimum atomic E-state index is -0.643. The summed E-state index contributed by atoms with van der Waals surface area (Å²) in [7, 11) is 0. The predicted molar refractivity (Wildman–Crippen MR) is 102 cm³/mol. The number of aromatic amines is 1. The van der Waals surface area contributed by atoms with E-state index in [0.29, 0.717) is 41.0 Å². The van der Waals surface area contributed by atoms with Crippen LogP contribution in [0.3, 0.4) is 0 Å². The largest absolute Gasteiger partial charge is 0.493 e. The van der Waals surface area contributed by atoms with E-state index in [0.717, 1.165) is 5.56 Å². The van der Waals surface area contributed by atoms with E-state index in [1.54, 1.807) is 18.2 Å². The number of carbonyl (C=O) groups is 1. The Morgan fingerprint density at radius 3 is 2.79 bits per heavy atom. The monoisotopic (exact) mass is 378 g/mol. The van der Waals surface area contributed by atoms with E-state index in [4.69, 9.17) is 15.1 Å². The Bertz CT molecular complexity index is 1150. The molecular formula is C22H19FN2O3. The molecule has 0 unspecified atom stereocenters. The molecule has 0 saturated heterocycles. The quantitative estimate of drug-likeness (QED) is 0.676. The second-order valence-corrected chi connectivity index (χ2v) is 7.42. The van der Waals surface area contributed by atoms with Gasteiger partial charge in [-0.2, -0.15) is 5.26 Å². The van der Waals surface area contributed by atoms with Gasteiger partial charge in [0, 0.05) is 35.1 Å². The van der Waals surface area contributed by atoms with Gasteiger partial charge in [-0.15, -0.1) is 0 Å². The molecule has 142 valence electrons. The van der Waals surface area contributed by atoms with Gasteiger partial charge in [-0.3, -0.25) is 4.79 Å². The van der Waals surface area contributed by atoms with Gasteiger partial charge in [-0.25, -0.2) is 4.39 Å². The van der Waals surface area contributed by atoms with E-state index < -0.39 is 11.2 Å². The molecule has 4 rings (SSSR count). The molecule has 2 aromatic carbocycles. The van der Waals surface area contributed by atoms with Gasteiger partial charge < -0.3 is 14.8 Å². The summed E-state index contributed by atoms with van der Waals surface area (Å²) in [5, 5.41) is 18.5. The molecule has 2 N–H and O–H groups in total. The zero-order chi connectivity index (χ0) is 20.1. The number of ketones is 1. The van der Waals surface area contributed by atoms with Crippen LogP contribution in [-0.2, 0) is 5.41 Å². The van der Waals surface area contributed by atoms with Crippen molar-refractivity contribution in [2.24, 2.45) is 0 Å². The van der Waals surface area contributed by atoms with E-state index in [1.807, 2.05) is 26.0 Å². The van der Waals surface area contributed by atoms with E-state index >= 15 is 0 Å². The number of nitriles is 1. The minimum absolute atomic E-state index is 0.0452. The van der Waals surface area contributed by atoms with Gasteiger partial charge in [-0.05, 0) is 29.8 Å². The maximum Gasteiger partial charge on any atom is 0.195 e. The van der Waals surface area contributed by atoms with Crippen LogP contribution in [0.25, 0.3) is 10.9 Å². The lowest BCUT2D eigenvalue weighted by Gasteiger charge is -2.32. The fourth-order valence-electron chi connectivity index (χ4n) is 3.87. The Hall–Kier alpha value is -3.17. The highest BCUT2D eigenvalue weighted by atomic mass is 19.1.